The fourth-order valence-electron chi connectivity index (χ4n) is 4.67. The van der Waals surface area contributed by atoms with Crippen molar-refractivity contribution in [2.45, 2.75) is 69.9 Å². The Labute approximate surface area is 162 Å². The fourth-order valence-corrected chi connectivity index (χ4v) is 4.67. The molecule has 2 saturated carbocycles. The molecule has 0 spiro atoms. The number of urea groups is 1. The molecule has 1 heterocycles. The normalized spacial score (nSPS) is 23.7. The van der Waals surface area contributed by atoms with Gasteiger partial charge in [-0.15, -0.1) is 0 Å². The molecule has 2 aliphatic carbocycles. The summed E-state index contributed by atoms with van der Waals surface area (Å²) in [5.74, 6) is 0.268. The Morgan fingerprint density at radius 1 is 0.889 bits per heavy atom. The van der Waals surface area contributed by atoms with Crippen molar-refractivity contribution in [3.8, 4) is 0 Å². The number of amides is 3. The van der Waals surface area contributed by atoms with E-state index in [1.54, 1.807) is 0 Å². The van der Waals surface area contributed by atoms with Gasteiger partial charge in [0.15, 0.2) is 0 Å². The third-order valence-electron chi connectivity index (χ3n) is 6.25. The van der Waals surface area contributed by atoms with Gasteiger partial charge in [0.1, 0.15) is 0 Å². The molecule has 0 radical (unpaired) electrons. The second-order valence-electron chi connectivity index (χ2n) is 8.35. The maximum Gasteiger partial charge on any atom is 0.321 e. The molecule has 3 fully saturated rings. The minimum absolute atomic E-state index is 0.0391. The number of piperidine rings is 1. The maximum absolute atomic E-state index is 13.4. The number of para-hydroxylation sites is 1. The predicted octanol–water partition coefficient (Wildman–Crippen LogP) is 4.25. The summed E-state index contributed by atoms with van der Waals surface area (Å²) in [4.78, 5) is 30.1. The first-order valence-electron chi connectivity index (χ1n) is 10.7. The molecule has 1 unspecified atom stereocenters. The first-order chi connectivity index (χ1) is 13.2. The topological polar surface area (TPSA) is 52.7 Å². The van der Waals surface area contributed by atoms with Gasteiger partial charge in [0, 0.05) is 30.9 Å². The molecule has 146 valence electrons. The van der Waals surface area contributed by atoms with E-state index in [9.17, 15) is 9.59 Å². The number of carbonyl (C=O) groups is 2. The summed E-state index contributed by atoms with van der Waals surface area (Å²) in [6, 6.07) is 10.4. The molecule has 1 aromatic carbocycles. The number of benzene rings is 1. The highest BCUT2D eigenvalue weighted by atomic mass is 16.2. The predicted molar refractivity (Wildman–Crippen MR) is 106 cm³/mol. The molecule has 0 bridgehead atoms. The van der Waals surface area contributed by atoms with Crippen LogP contribution in [0.3, 0.4) is 0 Å². The molecule has 1 aromatic rings. The Kier molecular flexibility index (Phi) is 5.65. The molecule has 5 nitrogen and oxygen atoms in total. The molecule has 1 atom stereocenters. The Balaban J connectivity index is 1.39. The Bertz CT molecular complexity index is 653. The van der Waals surface area contributed by atoms with Crippen LogP contribution in [0, 0.1) is 5.92 Å². The van der Waals surface area contributed by atoms with Crippen molar-refractivity contribution in [3.63, 3.8) is 0 Å². The van der Waals surface area contributed by atoms with Gasteiger partial charge >= 0.3 is 6.03 Å². The van der Waals surface area contributed by atoms with Gasteiger partial charge in [-0.25, -0.2) is 4.79 Å². The lowest BCUT2D eigenvalue weighted by atomic mass is 9.91. The van der Waals surface area contributed by atoms with Gasteiger partial charge in [0.05, 0.1) is 5.92 Å². The lowest BCUT2D eigenvalue weighted by Gasteiger charge is -2.39. The van der Waals surface area contributed by atoms with Crippen LogP contribution in [0.1, 0.15) is 57.8 Å². The standard InChI is InChI=1S/C22H31N3O2/c26-21(25(20-13-14-20)19-11-5-2-6-12-19)17-8-7-15-24(16-17)22(27)23-18-9-3-1-4-10-18/h1,3-4,9-10,17,19-20H,2,5-8,11-16H2,(H,23,27). The summed E-state index contributed by atoms with van der Waals surface area (Å²) >= 11 is 0. The third kappa shape index (κ3) is 4.45. The quantitative estimate of drug-likeness (QED) is 0.862. The largest absolute Gasteiger partial charge is 0.336 e. The molecular weight excluding hydrogens is 338 g/mol. The van der Waals surface area contributed by atoms with Crippen LogP contribution in [0.2, 0.25) is 0 Å². The summed E-state index contributed by atoms with van der Waals surface area (Å²) in [5.41, 5.74) is 0.803. The SMILES string of the molecule is O=C(Nc1ccccc1)N1CCCC(C(=O)N(C2CCCCC2)C2CC2)C1. The lowest BCUT2D eigenvalue weighted by Crippen LogP contribution is -2.51. The van der Waals surface area contributed by atoms with E-state index in [2.05, 4.69) is 10.2 Å². The summed E-state index contributed by atoms with van der Waals surface area (Å²) in [6.45, 7) is 1.28. The highest BCUT2D eigenvalue weighted by Crippen LogP contribution is 2.36. The highest BCUT2D eigenvalue weighted by molar-refractivity contribution is 5.90. The third-order valence-corrected chi connectivity index (χ3v) is 6.25. The Hall–Kier alpha value is -2.04. The zero-order chi connectivity index (χ0) is 18.6. The van der Waals surface area contributed by atoms with Crippen molar-refractivity contribution in [3.05, 3.63) is 30.3 Å². The van der Waals surface area contributed by atoms with Crippen molar-refractivity contribution in [2.75, 3.05) is 18.4 Å². The van der Waals surface area contributed by atoms with Gasteiger partial charge in [-0.05, 0) is 50.7 Å². The van der Waals surface area contributed by atoms with E-state index in [4.69, 9.17) is 0 Å². The van der Waals surface area contributed by atoms with E-state index in [0.717, 1.165) is 50.8 Å². The minimum atomic E-state index is -0.0886. The first kappa shape index (κ1) is 18.3. The first-order valence-corrected chi connectivity index (χ1v) is 10.7. The second-order valence-corrected chi connectivity index (χ2v) is 8.35. The van der Waals surface area contributed by atoms with Crippen LogP contribution in [-0.2, 0) is 4.79 Å². The van der Waals surface area contributed by atoms with Crippen LogP contribution < -0.4 is 5.32 Å². The molecule has 1 aliphatic heterocycles. The van der Waals surface area contributed by atoms with Crippen molar-refractivity contribution < 1.29 is 9.59 Å². The number of nitrogens with zero attached hydrogens (tertiary/aromatic N) is 2. The molecule has 0 aromatic heterocycles. The van der Waals surface area contributed by atoms with Crippen LogP contribution in [-0.4, -0.2) is 46.9 Å². The Morgan fingerprint density at radius 2 is 1.59 bits per heavy atom. The molecular formula is C22H31N3O2. The molecule has 27 heavy (non-hydrogen) atoms. The molecule has 1 N–H and O–H groups in total. The van der Waals surface area contributed by atoms with Gasteiger partial charge in [0.25, 0.3) is 0 Å². The molecule has 1 saturated heterocycles. The number of rotatable bonds is 4. The van der Waals surface area contributed by atoms with Crippen molar-refractivity contribution in [1.82, 2.24) is 9.80 Å². The average molecular weight is 370 g/mol. The molecule has 4 rings (SSSR count). The van der Waals surface area contributed by atoms with Gasteiger partial charge in [-0.2, -0.15) is 0 Å². The summed E-state index contributed by atoms with van der Waals surface area (Å²) in [7, 11) is 0. The number of hydrogen-bond donors (Lipinski definition) is 1. The fraction of sp³-hybridized carbons (Fsp3) is 0.636. The van der Waals surface area contributed by atoms with E-state index in [-0.39, 0.29) is 11.9 Å². The van der Waals surface area contributed by atoms with Crippen LogP contribution >= 0.6 is 0 Å². The van der Waals surface area contributed by atoms with Crippen LogP contribution in [0.15, 0.2) is 30.3 Å². The van der Waals surface area contributed by atoms with Crippen molar-refractivity contribution >= 4 is 17.6 Å². The number of carbonyl (C=O) groups excluding carboxylic acids is 2. The van der Waals surface area contributed by atoms with E-state index < -0.39 is 0 Å². The number of hydrogen-bond acceptors (Lipinski definition) is 2. The highest BCUT2D eigenvalue weighted by Gasteiger charge is 2.41. The van der Waals surface area contributed by atoms with Crippen LogP contribution in [0.25, 0.3) is 0 Å². The summed E-state index contributed by atoms with van der Waals surface area (Å²) in [5, 5.41) is 2.96. The monoisotopic (exact) mass is 369 g/mol. The summed E-state index contributed by atoms with van der Waals surface area (Å²) in [6.07, 6.45) is 10.3. The second kappa shape index (κ2) is 8.32. The van der Waals surface area contributed by atoms with Crippen molar-refractivity contribution in [2.24, 2.45) is 5.92 Å². The molecule has 3 amide bonds. The van der Waals surface area contributed by atoms with Gasteiger partial charge in [0.2, 0.25) is 5.91 Å². The average Bonchev–Trinajstić information content (AvgIpc) is 3.55. The van der Waals surface area contributed by atoms with Gasteiger partial charge < -0.3 is 15.1 Å². The zero-order valence-electron chi connectivity index (χ0n) is 16.1. The minimum Gasteiger partial charge on any atom is -0.336 e. The number of nitrogens with one attached hydrogen (secondary N) is 1. The van der Waals surface area contributed by atoms with Crippen molar-refractivity contribution in [1.29, 1.82) is 0 Å². The lowest BCUT2D eigenvalue weighted by molar-refractivity contribution is -0.140. The Morgan fingerprint density at radius 3 is 2.30 bits per heavy atom. The van der Waals surface area contributed by atoms with Crippen LogP contribution in [0.4, 0.5) is 10.5 Å². The number of anilines is 1. The zero-order valence-corrected chi connectivity index (χ0v) is 16.1. The number of likely N-dealkylation sites (tertiary alicyclic amines) is 1. The molecule has 3 aliphatic rings. The maximum atomic E-state index is 13.4. The van der Waals surface area contributed by atoms with Gasteiger partial charge in [-0.3, -0.25) is 4.79 Å². The van der Waals surface area contributed by atoms with Crippen LogP contribution in [0.5, 0.6) is 0 Å². The smallest absolute Gasteiger partial charge is 0.321 e. The van der Waals surface area contributed by atoms with E-state index in [1.165, 1.54) is 19.3 Å². The summed E-state index contributed by atoms with van der Waals surface area (Å²) < 4.78 is 0. The molecule has 5 heteroatoms. The van der Waals surface area contributed by atoms with E-state index in [0.29, 0.717) is 24.5 Å². The van der Waals surface area contributed by atoms with Gasteiger partial charge in [-0.1, -0.05) is 37.5 Å². The van der Waals surface area contributed by atoms with E-state index >= 15 is 0 Å². The van der Waals surface area contributed by atoms with E-state index in [1.807, 2.05) is 35.2 Å².